The molecule has 1 aliphatic rings. The minimum Gasteiger partial charge on any atom is -0.387 e. The average Bonchev–Trinajstić information content (AvgIpc) is 3.25. The van der Waals surface area contributed by atoms with E-state index in [0.29, 0.717) is 47.3 Å². The van der Waals surface area contributed by atoms with Crippen LogP contribution in [0.3, 0.4) is 0 Å². The normalized spacial score (nSPS) is 16.2. The summed E-state index contributed by atoms with van der Waals surface area (Å²) in [6.45, 7) is 3.61. The van der Waals surface area contributed by atoms with Gasteiger partial charge in [-0.15, -0.1) is 0 Å². The number of rotatable bonds is 10. The quantitative estimate of drug-likeness (QED) is 0.156. The number of nitrogens with one attached hydrogen (secondary N) is 3. The highest BCUT2D eigenvalue weighted by atomic mass is 19.1. The van der Waals surface area contributed by atoms with Crippen molar-refractivity contribution in [2.75, 3.05) is 25.1 Å². The van der Waals surface area contributed by atoms with Gasteiger partial charge in [-0.1, -0.05) is 0 Å². The molecule has 34 heavy (non-hydrogen) atoms. The Morgan fingerprint density at radius 2 is 2.29 bits per heavy atom. The molecule has 0 radical (unpaired) electrons. The molecule has 0 aliphatic carbocycles. The molecule has 1 fully saturated rings. The average molecular weight is 467 g/mol. The van der Waals surface area contributed by atoms with Gasteiger partial charge in [-0.05, 0) is 38.1 Å². The number of aliphatic hydroxyl groups is 1. The Morgan fingerprint density at radius 3 is 2.88 bits per heavy atom. The molecule has 1 aliphatic heterocycles. The number of hydrogen-bond acceptors (Lipinski definition) is 9. The summed E-state index contributed by atoms with van der Waals surface area (Å²) in [5.41, 5.74) is 2.26. The number of alkyl halides is 1. The number of allylic oxidation sites excluding steroid dienone is 1. The van der Waals surface area contributed by atoms with Crippen LogP contribution in [0.5, 0.6) is 0 Å². The van der Waals surface area contributed by atoms with Crippen molar-refractivity contribution in [3.63, 3.8) is 0 Å². The van der Waals surface area contributed by atoms with Gasteiger partial charge >= 0.3 is 0 Å². The van der Waals surface area contributed by atoms with Crippen molar-refractivity contribution in [1.29, 1.82) is 10.7 Å². The van der Waals surface area contributed by atoms with Crippen LogP contribution in [-0.4, -0.2) is 70.8 Å². The van der Waals surface area contributed by atoms with Gasteiger partial charge in [-0.3, -0.25) is 9.98 Å². The molecule has 1 unspecified atom stereocenters. The third-order valence-corrected chi connectivity index (χ3v) is 5.14. The number of aromatic nitrogens is 2. The summed E-state index contributed by atoms with van der Waals surface area (Å²) in [6.07, 6.45) is 3.95. The standard InChI is InChI=1S/C23H27FN8O2/c1-23(2,33)22(24)11-28-10-21(32-27)17-9-29-20(6-19(17)31-16-12-34-13-16)18-4-3-15(30-18)5-14(7-25)8-26/h3-7,9-10,16,22,25,30,33H,11-13,27H2,1-2H3,(H,29,31)/b14-5+,25-7?,28-10?,32-21+. The number of anilines is 1. The van der Waals surface area contributed by atoms with Crippen molar-refractivity contribution >= 4 is 29.9 Å². The summed E-state index contributed by atoms with van der Waals surface area (Å²) in [4.78, 5) is 11.7. The highest BCUT2D eigenvalue weighted by Gasteiger charge is 2.26. The van der Waals surface area contributed by atoms with Gasteiger partial charge in [-0.25, -0.2) is 4.39 Å². The number of aromatic amines is 1. The summed E-state index contributed by atoms with van der Waals surface area (Å²) >= 11 is 0. The van der Waals surface area contributed by atoms with E-state index in [1.807, 2.05) is 18.2 Å². The first-order valence-corrected chi connectivity index (χ1v) is 10.6. The fraction of sp³-hybridized carbons (Fsp3) is 0.348. The molecule has 0 bridgehead atoms. The minimum absolute atomic E-state index is 0.100. The van der Waals surface area contributed by atoms with Crippen LogP contribution in [0.4, 0.5) is 10.1 Å². The van der Waals surface area contributed by atoms with Gasteiger partial charge in [0.2, 0.25) is 0 Å². The summed E-state index contributed by atoms with van der Waals surface area (Å²) in [5, 5.41) is 33.2. The number of H-pyrrole nitrogens is 1. The molecular weight excluding hydrogens is 439 g/mol. The Balaban J connectivity index is 1.90. The Labute approximate surface area is 196 Å². The van der Waals surface area contributed by atoms with Crippen LogP contribution in [0, 0.1) is 16.7 Å². The van der Waals surface area contributed by atoms with Crippen LogP contribution < -0.4 is 11.2 Å². The van der Waals surface area contributed by atoms with Crippen molar-refractivity contribution in [2.45, 2.75) is 31.7 Å². The minimum atomic E-state index is -1.54. The van der Waals surface area contributed by atoms with Gasteiger partial charge in [0.05, 0.1) is 48.4 Å². The van der Waals surface area contributed by atoms with Crippen molar-refractivity contribution in [2.24, 2.45) is 15.9 Å². The molecule has 0 spiro atoms. The van der Waals surface area contributed by atoms with Crippen molar-refractivity contribution in [1.82, 2.24) is 9.97 Å². The lowest BCUT2D eigenvalue weighted by molar-refractivity contribution is 0.00172. The number of aliphatic imine (C=N–C) groups is 1. The van der Waals surface area contributed by atoms with E-state index in [4.69, 9.17) is 21.3 Å². The summed E-state index contributed by atoms with van der Waals surface area (Å²) in [5.74, 6) is 5.59. The van der Waals surface area contributed by atoms with Gasteiger partial charge < -0.3 is 31.4 Å². The SMILES string of the molecule is CC(C)(O)C(F)CN=C/C(=N\N)c1cnc(-c2ccc(/C=C(/C#N)C=N)[nH]2)cc1NC1COC1. The van der Waals surface area contributed by atoms with Crippen LogP contribution >= 0.6 is 0 Å². The Kier molecular flexibility index (Phi) is 7.88. The Bertz CT molecular complexity index is 1150. The van der Waals surface area contributed by atoms with E-state index in [0.717, 1.165) is 6.21 Å². The third-order valence-electron chi connectivity index (χ3n) is 5.14. The lowest BCUT2D eigenvalue weighted by Crippen LogP contribution is -2.40. The number of pyridine rings is 1. The Hall–Kier alpha value is -3.88. The summed E-state index contributed by atoms with van der Waals surface area (Å²) < 4.78 is 19.3. The third kappa shape index (κ3) is 6.12. The smallest absolute Gasteiger partial charge is 0.147 e. The molecular formula is C23H27FN8O2. The number of nitriles is 1. The van der Waals surface area contributed by atoms with Crippen LogP contribution in [0.25, 0.3) is 17.5 Å². The van der Waals surface area contributed by atoms with Crippen LogP contribution in [0.15, 0.2) is 40.1 Å². The topological polar surface area (TPSA) is 169 Å². The van der Waals surface area contributed by atoms with E-state index in [1.165, 1.54) is 20.1 Å². The first-order chi connectivity index (χ1) is 16.2. The largest absolute Gasteiger partial charge is 0.387 e. The lowest BCUT2D eigenvalue weighted by Gasteiger charge is -2.28. The predicted molar refractivity (Wildman–Crippen MR) is 130 cm³/mol. The summed E-state index contributed by atoms with van der Waals surface area (Å²) in [6, 6.07) is 7.46. The number of hydrogen-bond donors (Lipinski definition) is 5. The molecule has 1 atom stereocenters. The van der Waals surface area contributed by atoms with Gasteiger partial charge in [0, 0.05) is 35.6 Å². The number of nitrogens with two attached hydrogens (primary N) is 1. The maximum Gasteiger partial charge on any atom is 0.147 e. The zero-order valence-corrected chi connectivity index (χ0v) is 18.9. The van der Waals surface area contributed by atoms with Crippen molar-refractivity contribution < 1.29 is 14.2 Å². The van der Waals surface area contributed by atoms with Gasteiger partial charge in [-0.2, -0.15) is 10.4 Å². The van der Waals surface area contributed by atoms with Crippen LogP contribution in [-0.2, 0) is 4.74 Å². The van der Waals surface area contributed by atoms with Gasteiger partial charge in [0.1, 0.15) is 18.0 Å². The number of ether oxygens (including phenoxy) is 1. The Morgan fingerprint density at radius 1 is 1.53 bits per heavy atom. The molecule has 0 saturated carbocycles. The van der Waals surface area contributed by atoms with E-state index in [9.17, 15) is 9.50 Å². The zero-order valence-electron chi connectivity index (χ0n) is 18.9. The predicted octanol–water partition coefficient (Wildman–Crippen LogP) is 2.29. The number of halogens is 1. The van der Waals surface area contributed by atoms with Gasteiger partial charge in [0.25, 0.3) is 0 Å². The molecule has 3 heterocycles. The first kappa shape index (κ1) is 24.8. The highest BCUT2D eigenvalue weighted by Crippen LogP contribution is 2.26. The number of nitrogens with zero attached hydrogens (tertiary/aromatic N) is 4. The lowest BCUT2D eigenvalue weighted by atomic mass is 10.0. The van der Waals surface area contributed by atoms with E-state index >= 15 is 0 Å². The fourth-order valence-electron chi connectivity index (χ4n) is 3.01. The summed E-state index contributed by atoms with van der Waals surface area (Å²) in [7, 11) is 0. The number of hydrazone groups is 1. The molecule has 6 N–H and O–H groups in total. The molecule has 0 aromatic carbocycles. The second-order valence-corrected chi connectivity index (χ2v) is 8.31. The molecule has 178 valence electrons. The van der Waals surface area contributed by atoms with E-state index in [2.05, 4.69) is 25.4 Å². The molecule has 1 saturated heterocycles. The van der Waals surface area contributed by atoms with Crippen molar-refractivity contribution in [3.05, 3.63) is 41.2 Å². The van der Waals surface area contributed by atoms with Crippen molar-refractivity contribution in [3.8, 4) is 17.5 Å². The first-order valence-electron chi connectivity index (χ1n) is 10.6. The van der Waals surface area contributed by atoms with E-state index < -0.39 is 11.8 Å². The second-order valence-electron chi connectivity index (χ2n) is 8.31. The maximum atomic E-state index is 14.0. The molecule has 11 heteroatoms. The maximum absolute atomic E-state index is 14.0. The van der Waals surface area contributed by atoms with Crippen LogP contribution in [0.2, 0.25) is 0 Å². The molecule has 3 rings (SSSR count). The molecule has 2 aromatic rings. The monoisotopic (exact) mass is 466 g/mol. The molecule has 10 nitrogen and oxygen atoms in total. The van der Waals surface area contributed by atoms with Gasteiger partial charge in [0.15, 0.2) is 0 Å². The highest BCUT2D eigenvalue weighted by molar-refractivity contribution is 6.39. The fourth-order valence-corrected chi connectivity index (χ4v) is 3.01. The van der Waals surface area contributed by atoms with Crippen LogP contribution in [0.1, 0.15) is 25.1 Å². The zero-order chi connectivity index (χ0) is 24.7. The van der Waals surface area contributed by atoms with E-state index in [-0.39, 0.29) is 18.2 Å². The van der Waals surface area contributed by atoms with E-state index in [1.54, 1.807) is 18.3 Å². The second kappa shape index (κ2) is 10.8. The molecule has 0 amide bonds. The molecule has 2 aromatic heterocycles.